The van der Waals surface area contributed by atoms with Gasteiger partial charge in [-0.15, -0.1) is 0 Å². The molecule has 0 atom stereocenters. The van der Waals surface area contributed by atoms with Crippen LogP contribution in [0.4, 0.5) is 0 Å². The van der Waals surface area contributed by atoms with Crippen molar-refractivity contribution in [3.05, 3.63) is 48.7 Å². The summed E-state index contributed by atoms with van der Waals surface area (Å²) in [7, 11) is 1.71. The zero-order chi connectivity index (χ0) is 13.2. The molecule has 0 bridgehead atoms. The summed E-state index contributed by atoms with van der Waals surface area (Å²) in [5, 5.41) is 1.16. The van der Waals surface area contributed by atoms with Gasteiger partial charge in [0.25, 0.3) is 0 Å². The summed E-state index contributed by atoms with van der Waals surface area (Å²) in [4.78, 5) is 4.24. The van der Waals surface area contributed by atoms with Crippen LogP contribution in [0.15, 0.2) is 42.9 Å². The van der Waals surface area contributed by atoms with E-state index < -0.39 is 0 Å². The molecule has 0 N–H and O–H groups in total. The maximum atomic E-state index is 5.38. The highest BCUT2D eigenvalue weighted by molar-refractivity contribution is 5.86. The van der Waals surface area contributed by atoms with Gasteiger partial charge in [0.2, 0.25) is 0 Å². The average Bonchev–Trinajstić information content (AvgIpc) is 3.02. The van der Waals surface area contributed by atoms with Gasteiger partial charge in [-0.1, -0.05) is 6.07 Å². The lowest BCUT2D eigenvalue weighted by Gasteiger charge is -2.08. The molecular weight excluding hydrogens is 238 g/mol. The fraction of sp³-hybridized carbons (Fsp3) is 0.267. The Hall–Kier alpha value is -2.23. The number of ether oxygens (including phenoxy) is 1. The van der Waals surface area contributed by atoms with E-state index in [2.05, 4.69) is 32.4 Å². The second-order valence-corrected chi connectivity index (χ2v) is 4.57. The lowest BCUT2D eigenvalue weighted by molar-refractivity contribution is 0.420. The van der Waals surface area contributed by atoms with Crippen LogP contribution in [-0.4, -0.2) is 21.2 Å². The molecule has 0 saturated carbocycles. The number of nitrogens with zero attached hydrogens (tertiary/aromatic N) is 3. The average molecular weight is 255 g/mol. The number of hydrogen-bond donors (Lipinski definition) is 0. The number of rotatable bonds is 4. The topological polar surface area (TPSA) is 32.0 Å². The molecule has 0 aliphatic rings. The smallest absolute Gasteiger partial charge is 0.128 e. The van der Waals surface area contributed by atoms with Crippen molar-refractivity contribution in [2.24, 2.45) is 0 Å². The fourth-order valence-electron chi connectivity index (χ4n) is 2.42. The van der Waals surface area contributed by atoms with E-state index in [1.54, 1.807) is 7.11 Å². The van der Waals surface area contributed by atoms with Crippen LogP contribution in [0.5, 0.6) is 5.75 Å². The Bertz CT molecular complexity index is 696. The van der Waals surface area contributed by atoms with Gasteiger partial charge < -0.3 is 13.9 Å². The molecule has 4 nitrogen and oxygen atoms in total. The lowest BCUT2D eigenvalue weighted by Crippen LogP contribution is -2.07. The van der Waals surface area contributed by atoms with E-state index >= 15 is 0 Å². The summed E-state index contributed by atoms with van der Waals surface area (Å²) in [6.07, 6.45) is 5.97. The van der Waals surface area contributed by atoms with Crippen LogP contribution in [-0.2, 0) is 13.1 Å². The van der Waals surface area contributed by atoms with E-state index in [1.165, 1.54) is 5.52 Å². The second-order valence-electron chi connectivity index (χ2n) is 4.57. The van der Waals surface area contributed by atoms with Crippen molar-refractivity contribution >= 4 is 10.9 Å². The largest absolute Gasteiger partial charge is 0.496 e. The normalized spacial score (nSPS) is 11.1. The number of methoxy groups -OCH3 is 1. The van der Waals surface area contributed by atoms with E-state index in [1.807, 2.05) is 31.5 Å². The van der Waals surface area contributed by atoms with Crippen LogP contribution < -0.4 is 4.74 Å². The maximum absolute atomic E-state index is 5.38. The van der Waals surface area contributed by atoms with Gasteiger partial charge in [0.15, 0.2) is 0 Å². The molecule has 3 rings (SSSR count). The quantitative estimate of drug-likeness (QED) is 0.718. The Kier molecular flexibility index (Phi) is 2.99. The summed E-state index contributed by atoms with van der Waals surface area (Å²) < 4.78 is 9.79. The summed E-state index contributed by atoms with van der Waals surface area (Å²) in [5.41, 5.74) is 1.21. The summed E-state index contributed by atoms with van der Waals surface area (Å²) in [5.74, 6) is 1.98. The van der Waals surface area contributed by atoms with Crippen LogP contribution >= 0.6 is 0 Å². The molecule has 1 aromatic carbocycles. The van der Waals surface area contributed by atoms with Crippen molar-refractivity contribution in [1.29, 1.82) is 0 Å². The molecule has 0 aliphatic carbocycles. The molecule has 0 spiro atoms. The number of aromatic nitrogens is 3. The number of benzene rings is 1. The molecule has 3 aromatic rings. The third kappa shape index (κ3) is 2.10. The minimum Gasteiger partial charge on any atom is -0.496 e. The minimum absolute atomic E-state index is 0.923. The van der Waals surface area contributed by atoms with Gasteiger partial charge in [-0.2, -0.15) is 0 Å². The lowest BCUT2D eigenvalue weighted by atomic mass is 10.2. The number of imidazole rings is 1. The first-order valence-electron chi connectivity index (χ1n) is 6.39. The molecule has 98 valence electrons. The van der Waals surface area contributed by atoms with Gasteiger partial charge in [-0.25, -0.2) is 4.98 Å². The SMILES string of the molecule is COc1cccc2c1ccn2CCn1ccnc1C. The van der Waals surface area contributed by atoms with Crippen molar-refractivity contribution in [2.45, 2.75) is 20.0 Å². The molecule has 2 aromatic heterocycles. The predicted molar refractivity (Wildman–Crippen MR) is 75.5 cm³/mol. The van der Waals surface area contributed by atoms with Crippen LogP contribution in [0, 0.1) is 6.92 Å². The van der Waals surface area contributed by atoms with Gasteiger partial charge in [-0.05, 0) is 25.1 Å². The van der Waals surface area contributed by atoms with Crippen LogP contribution in [0.25, 0.3) is 10.9 Å². The molecule has 0 unspecified atom stereocenters. The van der Waals surface area contributed by atoms with Gasteiger partial charge in [0.05, 0.1) is 12.6 Å². The number of hydrogen-bond acceptors (Lipinski definition) is 2. The Morgan fingerprint density at radius 2 is 1.95 bits per heavy atom. The maximum Gasteiger partial charge on any atom is 0.128 e. The second kappa shape index (κ2) is 4.80. The fourth-order valence-corrected chi connectivity index (χ4v) is 2.42. The highest BCUT2D eigenvalue weighted by Gasteiger charge is 2.06. The van der Waals surface area contributed by atoms with Crippen molar-refractivity contribution in [3.63, 3.8) is 0 Å². The first-order chi connectivity index (χ1) is 9.29. The van der Waals surface area contributed by atoms with Gasteiger partial charge in [0, 0.05) is 37.1 Å². The zero-order valence-corrected chi connectivity index (χ0v) is 11.2. The third-order valence-corrected chi connectivity index (χ3v) is 3.50. The van der Waals surface area contributed by atoms with Crippen LogP contribution in [0.1, 0.15) is 5.82 Å². The third-order valence-electron chi connectivity index (χ3n) is 3.50. The molecule has 0 radical (unpaired) electrons. The van der Waals surface area contributed by atoms with Crippen molar-refractivity contribution in [3.8, 4) is 5.75 Å². The van der Waals surface area contributed by atoms with Gasteiger partial charge >= 0.3 is 0 Å². The Morgan fingerprint density at radius 3 is 2.68 bits per heavy atom. The first kappa shape index (κ1) is 11.8. The van der Waals surface area contributed by atoms with E-state index in [0.29, 0.717) is 0 Å². The standard InChI is InChI=1S/C15H17N3O/c1-12-16-7-9-17(12)10-11-18-8-6-13-14(18)4-3-5-15(13)19-2/h3-9H,10-11H2,1-2H3. The van der Waals surface area contributed by atoms with Crippen LogP contribution in [0.3, 0.4) is 0 Å². The van der Waals surface area contributed by atoms with E-state index in [9.17, 15) is 0 Å². The Morgan fingerprint density at radius 1 is 1.11 bits per heavy atom. The summed E-state index contributed by atoms with van der Waals surface area (Å²) in [6, 6.07) is 8.25. The number of aryl methyl sites for hydroxylation is 3. The van der Waals surface area contributed by atoms with Gasteiger partial charge in [-0.3, -0.25) is 0 Å². The molecule has 2 heterocycles. The van der Waals surface area contributed by atoms with Crippen molar-refractivity contribution in [1.82, 2.24) is 14.1 Å². The van der Waals surface area contributed by atoms with Crippen molar-refractivity contribution < 1.29 is 4.74 Å². The van der Waals surface area contributed by atoms with E-state index in [4.69, 9.17) is 4.74 Å². The molecule has 4 heteroatoms. The van der Waals surface area contributed by atoms with Crippen molar-refractivity contribution in [2.75, 3.05) is 7.11 Å². The summed E-state index contributed by atoms with van der Waals surface area (Å²) in [6.45, 7) is 3.87. The molecule has 19 heavy (non-hydrogen) atoms. The van der Waals surface area contributed by atoms with Crippen LogP contribution in [0.2, 0.25) is 0 Å². The monoisotopic (exact) mass is 255 g/mol. The highest BCUT2D eigenvalue weighted by atomic mass is 16.5. The predicted octanol–water partition coefficient (Wildman–Crippen LogP) is 2.86. The Labute approximate surface area is 112 Å². The minimum atomic E-state index is 0.923. The van der Waals surface area contributed by atoms with Gasteiger partial charge in [0.1, 0.15) is 11.6 Å². The summed E-state index contributed by atoms with van der Waals surface area (Å²) >= 11 is 0. The Balaban J connectivity index is 1.88. The van der Waals surface area contributed by atoms with E-state index in [-0.39, 0.29) is 0 Å². The molecular formula is C15H17N3O. The first-order valence-corrected chi connectivity index (χ1v) is 6.39. The molecule has 0 aliphatic heterocycles. The highest BCUT2D eigenvalue weighted by Crippen LogP contribution is 2.26. The molecule has 0 saturated heterocycles. The number of fused-ring (bicyclic) bond motifs is 1. The zero-order valence-electron chi connectivity index (χ0n) is 11.2. The molecule has 0 amide bonds. The molecule has 0 fully saturated rings. The van der Waals surface area contributed by atoms with E-state index in [0.717, 1.165) is 30.0 Å².